The number of unbranched alkanes of at least 4 members (excludes halogenated alkanes) is 1. The lowest BCUT2D eigenvalue weighted by molar-refractivity contribution is -0.154. The van der Waals surface area contributed by atoms with Crippen molar-refractivity contribution in [3.63, 3.8) is 0 Å². The molecule has 1 aliphatic heterocycles. The number of esters is 1. The molecule has 0 bridgehead atoms. The van der Waals surface area contributed by atoms with Gasteiger partial charge in [0.2, 0.25) is 5.91 Å². The molecule has 26 heavy (non-hydrogen) atoms. The Morgan fingerprint density at radius 2 is 2.00 bits per heavy atom. The van der Waals surface area contributed by atoms with Crippen molar-refractivity contribution < 1.29 is 14.3 Å². The number of hydrogen-bond donors (Lipinski definition) is 0. The normalized spacial score (nSPS) is 20.3. The van der Waals surface area contributed by atoms with Gasteiger partial charge in [-0.25, -0.2) is 4.79 Å². The molecule has 1 amide bonds. The number of carbonyl (C=O) groups excluding carboxylic acids is 2. The van der Waals surface area contributed by atoms with Crippen LogP contribution in [0, 0.1) is 5.41 Å². The maximum atomic E-state index is 13.1. The highest BCUT2D eigenvalue weighted by Crippen LogP contribution is 2.45. The first-order valence-electron chi connectivity index (χ1n) is 9.08. The molecule has 0 spiro atoms. The number of benzene rings is 1. The molecule has 0 N–H and O–H groups in total. The van der Waals surface area contributed by atoms with Crippen LogP contribution in [0.25, 0.3) is 0 Å². The van der Waals surface area contributed by atoms with E-state index in [-0.39, 0.29) is 22.7 Å². The van der Waals surface area contributed by atoms with E-state index in [1.54, 1.807) is 16.7 Å². The number of nitrogens with zero attached hydrogens (tertiary/aromatic N) is 1. The molecule has 0 radical (unpaired) electrons. The molecule has 2 atom stereocenters. The molecular formula is C20H28ClNO3S. The highest BCUT2D eigenvalue weighted by molar-refractivity contribution is 7.99. The van der Waals surface area contributed by atoms with Crippen LogP contribution in [0.15, 0.2) is 24.3 Å². The number of amides is 1. The fraction of sp³-hybridized carbons (Fsp3) is 0.600. The van der Waals surface area contributed by atoms with Crippen LogP contribution >= 0.6 is 23.4 Å². The fourth-order valence-corrected chi connectivity index (χ4v) is 4.64. The summed E-state index contributed by atoms with van der Waals surface area (Å²) in [6.45, 7) is 8.51. The average molecular weight is 398 g/mol. The summed E-state index contributed by atoms with van der Waals surface area (Å²) in [5.74, 6) is 0.170. The van der Waals surface area contributed by atoms with E-state index in [0.29, 0.717) is 23.8 Å². The summed E-state index contributed by atoms with van der Waals surface area (Å²) in [6.07, 6.45) is 2.16. The zero-order valence-electron chi connectivity index (χ0n) is 16.0. The molecule has 1 heterocycles. The van der Waals surface area contributed by atoms with E-state index in [2.05, 4.69) is 0 Å². The van der Waals surface area contributed by atoms with E-state index in [4.69, 9.17) is 16.3 Å². The van der Waals surface area contributed by atoms with Crippen molar-refractivity contribution in [1.82, 2.24) is 4.90 Å². The molecule has 2 rings (SSSR count). The summed E-state index contributed by atoms with van der Waals surface area (Å²) in [7, 11) is 0. The van der Waals surface area contributed by atoms with Crippen molar-refractivity contribution in [2.75, 3.05) is 12.4 Å². The summed E-state index contributed by atoms with van der Waals surface area (Å²) in [4.78, 5) is 27.3. The molecule has 4 nitrogen and oxygen atoms in total. The summed E-state index contributed by atoms with van der Waals surface area (Å²) in [5, 5.41) is 0.348. The molecule has 1 fully saturated rings. The smallest absolute Gasteiger partial charge is 0.329 e. The Balaban J connectivity index is 2.27. The van der Waals surface area contributed by atoms with Crippen LogP contribution in [0.1, 0.15) is 57.9 Å². The van der Waals surface area contributed by atoms with Gasteiger partial charge in [-0.2, -0.15) is 0 Å². The van der Waals surface area contributed by atoms with Crippen LogP contribution in [0.3, 0.4) is 0 Å². The van der Waals surface area contributed by atoms with Gasteiger partial charge in [0.05, 0.1) is 6.61 Å². The second-order valence-corrected chi connectivity index (χ2v) is 9.30. The van der Waals surface area contributed by atoms with Crippen LogP contribution in [0.4, 0.5) is 0 Å². The van der Waals surface area contributed by atoms with Crippen molar-refractivity contribution in [3.05, 3.63) is 34.9 Å². The third-order valence-corrected chi connectivity index (χ3v) is 5.80. The maximum Gasteiger partial charge on any atom is 0.329 e. The van der Waals surface area contributed by atoms with E-state index in [1.165, 1.54) is 0 Å². The van der Waals surface area contributed by atoms with Crippen molar-refractivity contribution in [3.8, 4) is 0 Å². The first-order chi connectivity index (χ1) is 12.2. The fourth-order valence-electron chi connectivity index (χ4n) is 2.87. The lowest BCUT2D eigenvalue weighted by Gasteiger charge is -2.31. The minimum atomic E-state index is -0.562. The molecule has 0 saturated carbocycles. The van der Waals surface area contributed by atoms with Crippen LogP contribution in [-0.4, -0.2) is 35.2 Å². The Morgan fingerprint density at radius 3 is 2.62 bits per heavy atom. The SMILES string of the molecule is CCCCOC(=O)[C@H]1CS[C@@H](c2ccccc2Cl)N1C(=O)CC(C)(C)C. The zero-order chi connectivity index (χ0) is 19.3. The largest absolute Gasteiger partial charge is 0.464 e. The van der Waals surface area contributed by atoms with Gasteiger partial charge < -0.3 is 9.64 Å². The van der Waals surface area contributed by atoms with E-state index in [0.717, 1.165) is 18.4 Å². The van der Waals surface area contributed by atoms with Gasteiger partial charge in [0.1, 0.15) is 11.4 Å². The molecule has 6 heteroatoms. The summed E-state index contributed by atoms with van der Waals surface area (Å²) < 4.78 is 5.41. The minimum absolute atomic E-state index is 0.0372. The molecule has 0 aromatic heterocycles. The molecule has 144 valence electrons. The summed E-state index contributed by atoms with van der Waals surface area (Å²) in [5.41, 5.74) is 0.705. The topological polar surface area (TPSA) is 46.6 Å². The summed E-state index contributed by atoms with van der Waals surface area (Å²) >= 11 is 7.94. The Morgan fingerprint density at radius 1 is 1.31 bits per heavy atom. The first kappa shape index (κ1) is 21.1. The van der Waals surface area contributed by atoms with Gasteiger partial charge in [0.15, 0.2) is 0 Å². The quantitative estimate of drug-likeness (QED) is 0.497. The lowest BCUT2D eigenvalue weighted by Crippen LogP contribution is -2.45. The van der Waals surface area contributed by atoms with Gasteiger partial charge >= 0.3 is 5.97 Å². The van der Waals surface area contributed by atoms with E-state index in [1.807, 2.05) is 52.0 Å². The monoisotopic (exact) mass is 397 g/mol. The van der Waals surface area contributed by atoms with Gasteiger partial charge in [0.25, 0.3) is 0 Å². The standard InChI is InChI=1S/C20H28ClNO3S/c1-5-6-11-25-19(24)16-13-26-18(14-9-7-8-10-15(14)21)22(16)17(23)12-20(2,3)4/h7-10,16,18H,5-6,11-13H2,1-4H3/t16-,18+/m1/s1. The predicted molar refractivity (Wildman–Crippen MR) is 107 cm³/mol. The van der Waals surface area contributed by atoms with Crippen LogP contribution in [-0.2, 0) is 14.3 Å². The Bertz CT molecular complexity index is 644. The van der Waals surface area contributed by atoms with Crippen molar-refractivity contribution in [1.29, 1.82) is 0 Å². The number of carbonyl (C=O) groups is 2. The Kier molecular flexibility index (Phi) is 7.42. The third-order valence-electron chi connectivity index (χ3n) is 4.16. The zero-order valence-corrected chi connectivity index (χ0v) is 17.5. The molecular weight excluding hydrogens is 370 g/mol. The van der Waals surface area contributed by atoms with Gasteiger partial charge in [0, 0.05) is 22.8 Å². The molecule has 1 aromatic carbocycles. The highest BCUT2D eigenvalue weighted by Gasteiger charge is 2.44. The molecule has 1 aliphatic rings. The van der Waals surface area contributed by atoms with Crippen molar-refractivity contribution in [2.24, 2.45) is 5.41 Å². The molecule has 0 unspecified atom stereocenters. The maximum absolute atomic E-state index is 13.1. The van der Waals surface area contributed by atoms with Crippen molar-refractivity contribution in [2.45, 2.75) is 58.4 Å². The van der Waals surface area contributed by atoms with Crippen LogP contribution in [0.5, 0.6) is 0 Å². The molecule has 1 saturated heterocycles. The molecule has 0 aliphatic carbocycles. The van der Waals surface area contributed by atoms with Gasteiger partial charge in [-0.15, -0.1) is 11.8 Å². The second kappa shape index (κ2) is 9.14. The lowest BCUT2D eigenvalue weighted by atomic mass is 9.91. The van der Waals surface area contributed by atoms with E-state index < -0.39 is 6.04 Å². The summed E-state index contributed by atoms with van der Waals surface area (Å²) in [6, 6.07) is 6.94. The van der Waals surface area contributed by atoms with Gasteiger partial charge in [-0.1, -0.05) is 63.9 Å². The average Bonchev–Trinajstić information content (AvgIpc) is 2.99. The van der Waals surface area contributed by atoms with Crippen LogP contribution < -0.4 is 0 Å². The number of hydrogen-bond acceptors (Lipinski definition) is 4. The van der Waals surface area contributed by atoms with Gasteiger partial charge in [-0.05, 0) is 17.9 Å². The predicted octanol–water partition coefficient (Wildman–Crippen LogP) is 5.06. The first-order valence-corrected chi connectivity index (χ1v) is 10.5. The number of halogens is 1. The number of thioether (sulfide) groups is 1. The number of rotatable bonds is 6. The van der Waals surface area contributed by atoms with E-state index >= 15 is 0 Å². The second-order valence-electron chi connectivity index (χ2n) is 7.78. The van der Waals surface area contributed by atoms with Crippen LogP contribution in [0.2, 0.25) is 5.02 Å². The van der Waals surface area contributed by atoms with Crippen molar-refractivity contribution >= 4 is 35.2 Å². The minimum Gasteiger partial charge on any atom is -0.464 e. The highest BCUT2D eigenvalue weighted by atomic mass is 35.5. The Hall–Kier alpha value is -1.20. The van der Waals surface area contributed by atoms with E-state index in [9.17, 15) is 9.59 Å². The molecule has 1 aromatic rings. The van der Waals surface area contributed by atoms with Gasteiger partial charge in [-0.3, -0.25) is 4.79 Å². The third kappa shape index (κ3) is 5.40. The number of ether oxygens (including phenoxy) is 1. The Labute approximate surface area is 165 Å².